The van der Waals surface area contributed by atoms with Gasteiger partial charge in [0.1, 0.15) is 23.7 Å². The molecule has 4 rings (SSSR count). The SMILES string of the molecule is CC(C)OC(=O)[C@H](C)NP(=S)(OC[C@@]1(C(F)F)O[C@@H](n2ccc(N)nc2=O)[C@H](O)[C@H]1P)Oc1ccc2ccccc2c1. The third kappa shape index (κ3) is 6.97. The van der Waals surface area contributed by atoms with Crippen LogP contribution in [0.5, 0.6) is 5.75 Å². The number of nitrogens with two attached hydrogens (primary N) is 1. The van der Waals surface area contributed by atoms with Crippen molar-refractivity contribution in [1.29, 1.82) is 0 Å². The van der Waals surface area contributed by atoms with Crippen LogP contribution in [-0.2, 0) is 30.6 Å². The number of rotatable bonds is 11. The number of hydrogen-bond donors (Lipinski definition) is 3. The molecule has 0 saturated carbocycles. The van der Waals surface area contributed by atoms with E-state index in [0.717, 1.165) is 15.3 Å². The Morgan fingerprint density at radius 2 is 1.95 bits per heavy atom. The molecule has 4 N–H and O–H groups in total. The van der Waals surface area contributed by atoms with Crippen molar-refractivity contribution >= 4 is 50.2 Å². The first-order valence-electron chi connectivity index (χ1n) is 12.9. The van der Waals surface area contributed by atoms with Crippen molar-refractivity contribution < 1.29 is 37.2 Å². The normalized spacial score (nSPS) is 24.5. The minimum absolute atomic E-state index is 0.0858. The Balaban J connectivity index is 1.65. The van der Waals surface area contributed by atoms with Gasteiger partial charge in [-0.05, 0) is 61.5 Å². The van der Waals surface area contributed by atoms with E-state index in [2.05, 4.69) is 19.3 Å². The number of alkyl halides is 2. The molecule has 16 heteroatoms. The second-order valence-corrected chi connectivity index (χ2v) is 13.9. The molecule has 42 heavy (non-hydrogen) atoms. The van der Waals surface area contributed by atoms with E-state index in [9.17, 15) is 23.5 Å². The second-order valence-electron chi connectivity index (χ2n) is 10.0. The first kappa shape index (κ1) is 32.3. The molecule has 1 aliphatic rings. The molecule has 2 heterocycles. The van der Waals surface area contributed by atoms with Crippen molar-refractivity contribution in [2.24, 2.45) is 0 Å². The minimum atomic E-state index is -3.78. The van der Waals surface area contributed by atoms with Crippen molar-refractivity contribution in [3.63, 3.8) is 0 Å². The number of nitrogens with one attached hydrogen (secondary N) is 1. The zero-order chi connectivity index (χ0) is 30.8. The minimum Gasteiger partial charge on any atom is -0.462 e. The molecule has 0 bridgehead atoms. The Kier molecular flexibility index (Phi) is 9.99. The number of fused-ring (bicyclic) bond motifs is 1. The van der Waals surface area contributed by atoms with Crippen LogP contribution in [0.3, 0.4) is 0 Å². The van der Waals surface area contributed by atoms with Crippen LogP contribution < -0.4 is 21.0 Å². The van der Waals surface area contributed by atoms with Gasteiger partial charge in [-0.3, -0.25) is 9.36 Å². The average Bonchev–Trinajstić information content (AvgIpc) is 3.17. The van der Waals surface area contributed by atoms with Crippen LogP contribution in [0.15, 0.2) is 59.5 Å². The molecule has 3 aromatic rings. The summed E-state index contributed by atoms with van der Waals surface area (Å²) in [6, 6.07) is 12.8. The van der Waals surface area contributed by atoms with Gasteiger partial charge in [0.25, 0.3) is 6.43 Å². The van der Waals surface area contributed by atoms with Gasteiger partial charge >= 0.3 is 18.3 Å². The number of carbonyl (C=O) groups excluding carboxylic acids is 1. The number of aromatic nitrogens is 2. The van der Waals surface area contributed by atoms with Crippen molar-refractivity contribution in [2.75, 3.05) is 12.3 Å². The zero-order valence-electron chi connectivity index (χ0n) is 22.9. The summed E-state index contributed by atoms with van der Waals surface area (Å²) in [5, 5.41) is 15.4. The number of hydrogen-bond acceptors (Lipinski definition) is 10. The summed E-state index contributed by atoms with van der Waals surface area (Å²) in [6.07, 6.45) is -5.54. The predicted molar refractivity (Wildman–Crippen MR) is 160 cm³/mol. The van der Waals surface area contributed by atoms with Crippen molar-refractivity contribution in [3.05, 3.63) is 65.2 Å². The van der Waals surface area contributed by atoms with Crippen LogP contribution in [0.25, 0.3) is 10.8 Å². The number of nitrogen functional groups attached to an aromatic ring is 1. The first-order valence-corrected chi connectivity index (χ1v) is 16.2. The molecule has 1 aromatic heterocycles. The maximum Gasteiger partial charge on any atom is 0.351 e. The maximum atomic E-state index is 14.8. The van der Waals surface area contributed by atoms with E-state index in [-0.39, 0.29) is 11.6 Å². The number of aliphatic hydroxyl groups is 1. The number of halogens is 2. The van der Waals surface area contributed by atoms with E-state index >= 15 is 0 Å². The molecular formula is C26H32F2N4O7P2S. The van der Waals surface area contributed by atoms with Gasteiger partial charge in [-0.2, -0.15) is 4.98 Å². The van der Waals surface area contributed by atoms with Crippen LogP contribution in [0.2, 0.25) is 0 Å². The monoisotopic (exact) mass is 644 g/mol. The third-order valence-corrected chi connectivity index (χ3v) is 9.96. The molecule has 0 aliphatic carbocycles. The molecule has 7 atom stereocenters. The summed E-state index contributed by atoms with van der Waals surface area (Å²) in [5.74, 6) is -0.468. The third-order valence-electron chi connectivity index (χ3n) is 6.52. The highest BCUT2D eigenvalue weighted by atomic mass is 32.5. The van der Waals surface area contributed by atoms with E-state index in [1.165, 1.54) is 19.2 Å². The number of carbonyl (C=O) groups is 1. The summed E-state index contributed by atoms with van der Waals surface area (Å²) >= 11 is 5.71. The molecule has 0 spiro atoms. The second kappa shape index (κ2) is 13.0. The van der Waals surface area contributed by atoms with Crippen LogP contribution in [0.1, 0.15) is 27.0 Å². The topological polar surface area (TPSA) is 147 Å². The van der Waals surface area contributed by atoms with Gasteiger partial charge in [0.2, 0.25) is 0 Å². The standard InChI is InChI=1S/C26H32F2N4O7P2S/c1-14(2)37-23(34)15(3)31-41(42,39-18-9-8-16-6-4-5-7-17(16)12-18)36-13-26(24(27)28)21(40)20(33)22(38-26)32-11-10-19(29)30-25(32)35/h4-12,14-15,20-22,24,33H,13,40H2,1-3H3,(H,31,42)(H2,29,30,35)/t15-,20+,21+,22+,26+,41?/m0/s1. The van der Waals surface area contributed by atoms with E-state index < -0.39 is 67.1 Å². The highest BCUT2D eigenvalue weighted by Crippen LogP contribution is 2.51. The lowest BCUT2D eigenvalue weighted by molar-refractivity contribution is -0.168. The summed E-state index contributed by atoms with van der Waals surface area (Å²) in [6.45, 7) is 0.182. The number of nitrogens with zero attached hydrogens (tertiary/aromatic N) is 2. The Bertz CT molecular complexity index is 1550. The molecule has 2 aromatic carbocycles. The molecule has 1 fully saturated rings. The number of benzene rings is 2. The predicted octanol–water partition coefficient (Wildman–Crippen LogP) is 3.37. The summed E-state index contributed by atoms with van der Waals surface area (Å²) in [5.41, 5.74) is 0.867. The van der Waals surface area contributed by atoms with Crippen LogP contribution in [-0.4, -0.2) is 63.2 Å². The number of esters is 1. The lowest BCUT2D eigenvalue weighted by Gasteiger charge is -2.34. The Labute approximate surface area is 248 Å². The molecule has 228 valence electrons. The molecule has 11 nitrogen and oxygen atoms in total. The first-order chi connectivity index (χ1) is 19.7. The van der Waals surface area contributed by atoms with Gasteiger partial charge in [0.15, 0.2) is 11.8 Å². The van der Waals surface area contributed by atoms with Crippen LogP contribution in [0, 0.1) is 0 Å². The van der Waals surface area contributed by atoms with Crippen molar-refractivity contribution in [2.45, 2.75) is 62.9 Å². The highest BCUT2D eigenvalue weighted by molar-refractivity contribution is 8.09. The molecular weight excluding hydrogens is 612 g/mol. The maximum absolute atomic E-state index is 14.8. The highest BCUT2D eigenvalue weighted by Gasteiger charge is 2.60. The van der Waals surface area contributed by atoms with Gasteiger partial charge in [-0.1, -0.05) is 30.3 Å². The Morgan fingerprint density at radius 1 is 1.26 bits per heavy atom. The zero-order valence-corrected chi connectivity index (χ0v) is 25.8. The summed E-state index contributed by atoms with van der Waals surface area (Å²) < 4.78 is 53.3. The summed E-state index contributed by atoms with van der Waals surface area (Å²) in [7, 11) is 2.13. The largest absolute Gasteiger partial charge is 0.462 e. The molecule has 0 radical (unpaired) electrons. The van der Waals surface area contributed by atoms with Gasteiger partial charge in [0.05, 0.1) is 12.7 Å². The molecule has 2 unspecified atom stereocenters. The van der Waals surface area contributed by atoms with E-state index in [4.69, 9.17) is 36.1 Å². The lowest BCUT2D eigenvalue weighted by atomic mass is 9.99. The number of aliphatic hydroxyl groups excluding tert-OH is 1. The van der Waals surface area contributed by atoms with Crippen LogP contribution in [0.4, 0.5) is 14.6 Å². The van der Waals surface area contributed by atoms with Gasteiger partial charge in [-0.15, -0.1) is 9.24 Å². The number of anilines is 1. The fourth-order valence-electron chi connectivity index (χ4n) is 4.33. The van der Waals surface area contributed by atoms with Gasteiger partial charge in [-0.25, -0.2) is 18.7 Å². The van der Waals surface area contributed by atoms with Crippen molar-refractivity contribution in [3.8, 4) is 5.75 Å². The lowest BCUT2D eigenvalue weighted by Crippen LogP contribution is -2.50. The van der Waals surface area contributed by atoms with E-state index in [1.807, 2.05) is 24.3 Å². The van der Waals surface area contributed by atoms with Gasteiger partial charge < -0.3 is 29.4 Å². The Hall–Kier alpha value is -2.57. The summed E-state index contributed by atoms with van der Waals surface area (Å²) in [4.78, 5) is 28.6. The Morgan fingerprint density at radius 3 is 2.60 bits per heavy atom. The van der Waals surface area contributed by atoms with Crippen molar-refractivity contribution in [1.82, 2.24) is 14.6 Å². The fraction of sp³-hybridized carbons (Fsp3) is 0.423. The van der Waals surface area contributed by atoms with Crippen LogP contribution >= 0.6 is 15.9 Å². The molecule has 1 saturated heterocycles. The smallest absolute Gasteiger partial charge is 0.351 e. The van der Waals surface area contributed by atoms with E-state index in [0.29, 0.717) is 0 Å². The molecule has 0 amide bonds. The van der Waals surface area contributed by atoms with Gasteiger partial charge in [0, 0.05) is 11.9 Å². The quantitative estimate of drug-likeness (QED) is 0.209. The van der Waals surface area contributed by atoms with E-state index in [1.54, 1.807) is 32.0 Å². The molecule has 1 aliphatic heterocycles. The fourth-order valence-corrected chi connectivity index (χ4v) is 7.26. The number of ether oxygens (including phenoxy) is 2. The average molecular weight is 645 g/mol.